The van der Waals surface area contributed by atoms with Gasteiger partial charge in [0.15, 0.2) is 5.65 Å². The van der Waals surface area contributed by atoms with Gasteiger partial charge < -0.3 is 9.88 Å². The van der Waals surface area contributed by atoms with Crippen LogP contribution in [0.3, 0.4) is 0 Å². The minimum atomic E-state index is 0.557. The zero-order valence-electron chi connectivity index (χ0n) is 9.48. The van der Waals surface area contributed by atoms with Crippen LogP contribution in [0.15, 0.2) is 18.6 Å². The highest BCUT2D eigenvalue weighted by Gasteiger charge is 2.17. The monoisotopic (exact) mass is 216 g/mol. The molecule has 0 spiro atoms. The van der Waals surface area contributed by atoms with Crippen molar-refractivity contribution in [3.63, 3.8) is 0 Å². The second-order valence-electron chi connectivity index (χ2n) is 4.49. The first-order chi connectivity index (χ1) is 7.84. The van der Waals surface area contributed by atoms with Crippen LogP contribution in [0.5, 0.6) is 0 Å². The number of piperidine rings is 1. The summed E-state index contributed by atoms with van der Waals surface area (Å²) < 4.78 is 2.23. The maximum absolute atomic E-state index is 4.50. The molecule has 0 aliphatic carbocycles. The molecule has 1 fully saturated rings. The summed E-state index contributed by atoms with van der Waals surface area (Å²) in [6.07, 6.45) is 6.19. The van der Waals surface area contributed by atoms with Crippen LogP contribution in [0.2, 0.25) is 0 Å². The molecule has 0 amide bonds. The summed E-state index contributed by atoms with van der Waals surface area (Å²) in [5.74, 6) is 0. The quantitative estimate of drug-likeness (QED) is 0.788. The summed E-state index contributed by atoms with van der Waals surface area (Å²) in [7, 11) is 0. The molecule has 1 aliphatic rings. The summed E-state index contributed by atoms with van der Waals surface area (Å²) in [6, 6.07) is 2.65. The van der Waals surface area contributed by atoms with Gasteiger partial charge in [-0.05, 0) is 44.5 Å². The Bertz CT molecular complexity index is 497. The van der Waals surface area contributed by atoms with E-state index in [1.54, 1.807) is 0 Å². The first-order valence-corrected chi connectivity index (χ1v) is 5.84. The molecule has 3 heterocycles. The Balaban J connectivity index is 2.03. The van der Waals surface area contributed by atoms with Gasteiger partial charge in [0.05, 0.1) is 6.33 Å². The van der Waals surface area contributed by atoms with E-state index >= 15 is 0 Å². The van der Waals surface area contributed by atoms with Gasteiger partial charge in [-0.1, -0.05) is 0 Å². The molecular formula is C12H16N4. The van der Waals surface area contributed by atoms with Crippen molar-refractivity contribution in [1.82, 2.24) is 19.9 Å². The Morgan fingerprint density at radius 2 is 2.12 bits per heavy atom. The average Bonchev–Trinajstić information content (AvgIpc) is 2.73. The molecule has 0 bridgehead atoms. The first-order valence-electron chi connectivity index (χ1n) is 5.84. The summed E-state index contributed by atoms with van der Waals surface area (Å²) in [5, 5.41) is 3.38. The summed E-state index contributed by atoms with van der Waals surface area (Å²) >= 11 is 0. The fraction of sp³-hybridized carbons (Fsp3) is 0.500. The van der Waals surface area contributed by atoms with Gasteiger partial charge in [-0.2, -0.15) is 0 Å². The average molecular weight is 216 g/mol. The van der Waals surface area contributed by atoms with Crippen molar-refractivity contribution < 1.29 is 0 Å². The Morgan fingerprint density at radius 1 is 1.31 bits per heavy atom. The molecule has 1 saturated heterocycles. The summed E-state index contributed by atoms with van der Waals surface area (Å²) in [5.41, 5.74) is 3.21. The SMILES string of the molecule is Cc1cnc2c(c1)ncn2C1CCNCC1. The summed E-state index contributed by atoms with van der Waals surface area (Å²) in [4.78, 5) is 8.93. The number of hydrogen-bond acceptors (Lipinski definition) is 3. The number of pyridine rings is 1. The molecule has 3 rings (SSSR count). The van der Waals surface area contributed by atoms with Crippen LogP contribution in [0, 0.1) is 6.92 Å². The van der Waals surface area contributed by atoms with Gasteiger partial charge in [-0.3, -0.25) is 0 Å². The van der Waals surface area contributed by atoms with Crippen LogP contribution in [0.1, 0.15) is 24.4 Å². The molecule has 16 heavy (non-hydrogen) atoms. The van der Waals surface area contributed by atoms with Crippen LogP contribution in [0.4, 0.5) is 0 Å². The number of aryl methyl sites for hydroxylation is 1. The van der Waals surface area contributed by atoms with E-state index in [-0.39, 0.29) is 0 Å². The molecule has 0 unspecified atom stereocenters. The number of hydrogen-bond donors (Lipinski definition) is 1. The molecule has 1 N–H and O–H groups in total. The minimum Gasteiger partial charge on any atom is -0.317 e. The molecule has 4 nitrogen and oxygen atoms in total. The maximum atomic E-state index is 4.50. The van der Waals surface area contributed by atoms with Crippen LogP contribution < -0.4 is 5.32 Å². The normalized spacial score (nSPS) is 18.1. The predicted molar refractivity (Wildman–Crippen MR) is 63.4 cm³/mol. The van der Waals surface area contributed by atoms with Crippen molar-refractivity contribution in [2.24, 2.45) is 0 Å². The van der Waals surface area contributed by atoms with E-state index in [4.69, 9.17) is 0 Å². The zero-order valence-corrected chi connectivity index (χ0v) is 9.48. The highest BCUT2D eigenvalue weighted by molar-refractivity contribution is 5.71. The van der Waals surface area contributed by atoms with E-state index in [0.717, 1.165) is 24.3 Å². The van der Waals surface area contributed by atoms with E-state index in [9.17, 15) is 0 Å². The van der Waals surface area contributed by atoms with Crippen LogP contribution >= 0.6 is 0 Å². The van der Waals surface area contributed by atoms with Gasteiger partial charge in [0.2, 0.25) is 0 Å². The van der Waals surface area contributed by atoms with Crippen LogP contribution in [-0.2, 0) is 0 Å². The summed E-state index contributed by atoms with van der Waals surface area (Å²) in [6.45, 7) is 4.24. The first kappa shape index (κ1) is 9.78. The lowest BCUT2D eigenvalue weighted by atomic mass is 10.1. The van der Waals surface area contributed by atoms with Crippen molar-refractivity contribution in [2.75, 3.05) is 13.1 Å². The number of imidazole rings is 1. The highest BCUT2D eigenvalue weighted by atomic mass is 15.1. The molecule has 1 aliphatic heterocycles. The lowest BCUT2D eigenvalue weighted by Gasteiger charge is -2.23. The van der Waals surface area contributed by atoms with E-state index in [2.05, 4.69) is 32.8 Å². The van der Waals surface area contributed by atoms with Crippen molar-refractivity contribution in [2.45, 2.75) is 25.8 Å². The van der Waals surface area contributed by atoms with Crippen molar-refractivity contribution in [1.29, 1.82) is 0 Å². The Hall–Kier alpha value is -1.42. The van der Waals surface area contributed by atoms with Gasteiger partial charge in [-0.25, -0.2) is 9.97 Å². The second-order valence-corrected chi connectivity index (χ2v) is 4.49. The Labute approximate surface area is 94.7 Å². The third kappa shape index (κ3) is 1.59. The molecule has 0 radical (unpaired) electrons. The fourth-order valence-electron chi connectivity index (χ4n) is 2.37. The highest BCUT2D eigenvalue weighted by Crippen LogP contribution is 2.22. The van der Waals surface area contributed by atoms with Gasteiger partial charge >= 0.3 is 0 Å². The van der Waals surface area contributed by atoms with Crippen molar-refractivity contribution in [3.8, 4) is 0 Å². The van der Waals surface area contributed by atoms with Crippen LogP contribution in [0.25, 0.3) is 11.2 Å². The number of nitrogens with one attached hydrogen (secondary N) is 1. The molecule has 0 saturated carbocycles. The maximum Gasteiger partial charge on any atom is 0.160 e. The number of aromatic nitrogens is 3. The topological polar surface area (TPSA) is 42.7 Å². The third-order valence-electron chi connectivity index (χ3n) is 3.25. The number of rotatable bonds is 1. The lowest BCUT2D eigenvalue weighted by Crippen LogP contribution is -2.29. The second kappa shape index (κ2) is 3.87. The fourth-order valence-corrected chi connectivity index (χ4v) is 2.37. The minimum absolute atomic E-state index is 0.557. The molecule has 4 heteroatoms. The number of nitrogens with zero attached hydrogens (tertiary/aromatic N) is 3. The Kier molecular flexibility index (Phi) is 2.36. The molecule has 2 aromatic heterocycles. The number of fused-ring (bicyclic) bond motifs is 1. The molecule has 0 aromatic carbocycles. The smallest absolute Gasteiger partial charge is 0.160 e. The van der Waals surface area contributed by atoms with E-state index < -0.39 is 0 Å². The van der Waals surface area contributed by atoms with Crippen molar-refractivity contribution >= 4 is 11.2 Å². The van der Waals surface area contributed by atoms with Crippen LogP contribution in [-0.4, -0.2) is 27.6 Å². The van der Waals surface area contributed by atoms with Gasteiger partial charge in [-0.15, -0.1) is 0 Å². The van der Waals surface area contributed by atoms with Crippen molar-refractivity contribution in [3.05, 3.63) is 24.2 Å². The largest absolute Gasteiger partial charge is 0.317 e. The Morgan fingerprint density at radius 3 is 2.94 bits per heavy atom. The van der Waals surface area contributed by atoms with E-state index in [1.165, 1.54) is 18.4 Å². The lowest BCUT2D eigenvalue weighted by molar-refractivity contribution is 0.373. The predicted octanol–water partition coefficient (Wildman–Crippen LogP) is 1.66. The standard InChI is InChI=1S/C12H16N4/c1-9-6-11-12(14-7-9)16(8-15-11)10-2-4-13-5-3-10/h6-8,10,13H,2-5H2,1H3. The molecular weight excluding hydrogens is 200 g/mol. The van der Waals surface area contributed by atoms with Gasteiger partial charge in [0.1, 0.15) is 5.52 Å². The molecule has 2 aromatic rings. The van der Waals surface area contributed by atoms with Gasteiger partial charge in [0.25, 0.3) is 0 Å². The zero-order chi connectivity index (χ0) is 11.0. The van der Waals surface area contributed by atoms with E-state index in [0.29, 0.717) is 6.04 Å². The van der Waals surface area contributed by atoms with Gasteiger partial charge in [0, 0.05) is 12.2 Å². The molecule has 0 atom stereocenters. The van der Waals surface area contributed by atoms with E-state index in [1.807, 2.05) is 12.5 Å². The third-order valence-corrected chi connectivity index (χ3v) is 3.25. The molecule has 84 valence electrons.